The van der Waals surface area contributed by atoms with Gasteiger partial charge in [0.1, 0.15) is 0 Å². The van der Waals surface area contributed by atoms with E-state index in [1.165, 1.54) is 0 Å². The molecule has 2 rings (SSSR count). The SMILES string of the molecule is COc1cc2nc(C)c(C(C)C)c(N)c2c(OC)c1OC. The van der Waals surface area contributed by atoms with E-state index in [1.54, 1.807) is 21.3 Å². The predicted octanol–water partition coefficient (Wildman–Crippen LogP) is 3.27. The molecule has 1 aromatic heterocycles. The molecular weight excluding hydrogens is 268 g/mol. The van der Waals surface area contributed by atoms with Gasteiger partial charge in [-0.1, -0.05) is 13.8 Å². The average Bonchev–Trinajstić information content (AvgIpc) is 2.44. The molecule has 1 heterocycles. The van der Waals surface area contributed by atoms with Gasteiger partial charge in [0.05, 0.1) is 37.9 Å². The van der Waals surface area contributed by atoms with Gasteiger partial charge in [-0.15, -0.1) is 0 Å². The first-order valence-corrected chi connectivity index (χ1v) is 6.84. The van der Waals surface area contributed by atoms with Crippen LogP contribution >= 0.6 is 0 Å². The third kappa shape index (κ3) is 2.33. The Balaban J connectivity index is 2.97. The van der Waals surface area contributed by atoms with Crippen LogP contribution in [0.4, 0.5) is 5.69 Å². The minimum atomic E-state index is 0.278. The van der Waals surface area contributed by atoms with E-state index < -0.39 is 0 Å². The van der Waals surface area contributed by atoms with Crippen molar-refractivity contribution in [1.82, 2.24) is 4.98 Å². The monoisotopic (exact) mass is 290 g/mol. The van der Waals surface area contributed by atoms with E-state index in [0.717, 1.165) is 22.2 Å². The number of pyridine rings is 1. The van der Waals surface area contributed by atoms with E-state index in [-0.39, 0.29) is 5.92 Å². The number of hydrogen-bond acceptors (Lipinski definition) is 5. The van der Waals surface area contributed by atoms with Crippen LogP contribution in [0.3, 0.4) is 0 Å². The zero-order chi connectivity index (χ0) is 15.7. The molecule has 2 N–H and O–H groups in total. The molecule has 0 amide bonds. The van der Waals surface area contributed by atoms with E-state index in [0.29, 0.717) is 22.9 Å². The number of benzene rings is 1. The Morgan fingerprint density at radius 3 is 2.14 bits per heavy atom. The number of ether oxygens (including phenoxy) is 3. The zero-order valence-corrected chi connectivity index (χ0v) is 13.4. The normalized spacial score (nSPS) is 11.0. The van der Waals surface area contributed by atoms with Crippen LogP contribution in [-0.2, 0) is 0 Å². The highest BCUT2D eigenvalue weighted by atomic mass is 16.5. The van der Waals surface area contributed by atoms with Gasteiger partial charge >= 0.3 is 0 Å². The summed E-state index contributed by atoms with van der Waals surface area (Å²) in [6, 6.07) is 1.82. The van der Waals surface area contributed by atoms with Crippen molar-refractivity contribution in [1.29, 1.82) is 0 Å². The average molecular weight is 290 g/mol. The molecule has 0 aliphatic carbocycles. The molecule has 0 saturated carbocycles. The first-order chi connectivity index (χ1) is 9.96. The third-order valence-electron chi connectivity index (χ3n) is 3.62. The van der Waals surface area contributed by atoms with Crippen LogP contribution in [0.5, 0.6) is 17.2 Å². The van der Waals surface area contributed by atoms with Gasteiger partial charge in [0.2, 0.25) is 5.75 Å². The van der Waals surface area contributed by atoms with Gasteiger partial charge in [-0.3, -0.25) is 4.98 Å². The molecule has 5 heteroatoms. The summed E-state index contributed by atoms with van der Waals surface area (Å²) in [7, 11) is 4.75. The summed E-state index contributed by atoms with van der Waals surface area (Å²) >= 11 is 0. The van der Waals surface area contributed by atoms with Gasteiger partial charge in [-0.2, -0.15) is 0 Å². The van der Waals surface area contributed by atoms with Gasteiger partial charge in [-0.25, -0.2) is 0 Å². The second kappa shape index (κ2) is 5.68. The largest absolute Gasteiger partial charge is 0.493 e. The number of nitrogen functional groups attached to an aromatic ring is 1. The molecule has 5 nitrogen and oxygen atoms in total. The molecule has 21 heavy (non-hydrogen) atoms. The molecule has 0 radical (unpaired) electrons. The Bertz CT molecular complexity index is 681. The summed E-state index contributed by atoms with van der Waals surface area (Å²) in [4.78, 5) is 4.65. The number of methoxy groups -OCH3 is 3. The van der Waals surface area contributed by atoms with E-state index in [9.17, 15) is 0 Å². The Hall–Kier alpha value is -2.17. The Labute approximate surface area is 125 Å². The fourth-order valence-corrected chi connectivity index (χ4v) is 2.79. The number of nitrogens with two attached hydrogens (primary N) is 1. The van der Waals surface area contributed by atoms with E-state index in [1.807, 2.05) is 13.0 Å². The number of aromatic nitrogens is 1. The summed E-state index contributed by atoms with van der Waals surface area (Å²) in [5.74, 6) is 1.93. The standard InChI is InChI=1S/C16H22N2O3/c1-8(2)12-9(3)18-10-7-11(19-4)15(20-5)16(21-6)13(10)14(12)17/h7-8H,1-6H3,(H2,17,18). The Morgan fingerprint density at radius 2 is 1.67 bits per heavy atom. The summed E-state index contributed by atoms with van der Waals surface area (Å²) in [5.41, 5.74) is 9.78. The van der Waals surface area contributed by atoms with Crippen molar-refractivity contribution >= 4 is 16.6 Å². The fraction of sp³-hybridized carbons (Fsp3) is 0.438. The van der Waals surface area contributed by atoms with Crippen LogP contribution in [0.15, 0.2) is 6.07 Å². The van der Waals surface area contributed by atoms with Crippen molar-refractivity contribution in [3.05, 3.63) is 17.3 Å². The van der Waals surface area contributed by atoms with Crippen LogP contribution in [0.2, 0.25) is 0 Å². The van der Waals surface area contributed by atoms with E-state index in [2.05, 4.69) is 18.8 Å². The highest BCUT2D eigenvalue weighted by Crippen LogP contribution is 2.46. The lowest BCUT2D eigenvalue weighted by Crippen LogP contribution is -2.05. The molecule has 0 saturated heterocycles. The number of anilines is 1. The molecule has 0 unspecified atom stereocenters. The van der Waals surface area contributed by atoms with Crippen LogP contribution in [-0.4, -0.2) is 26.3 Å². The van der Waals surface area contributed by atoms with Crippen LogP contribution in [0.25, 0.3) is 10.9 Å². The van der Waals surface area contributed by atoms with Gasteiger partial charge in [0, 0.05) is 11.8 Å². The number of nitrogens with zero attached hydrogens (tertiary/aromatic N) is 1. The summed E-state index contributed by atoms with van der Waals surface area (Å²) < 4.78 is 16.3. The van der Waals surface area contributed by atoms with Crippen molar-refractivity contribution in [2.75, 3.05) is 27.1 Å². The maximum Gasteiger partial charge on any atom is 0.204 e. The lowest BCUT2D eigenvalue weighted by atomic mass is 9.96. The zero-order valence-electron chi connectivity index (χ0n) is 13.4. The van der Waals surface area contributed by atoms with Gasteiger partial charge in [0.15, 0.2) is 11.5 Å². The van der Waals surface area contributed by atoms with Gasteiger partial charge in [-0.05, 0) is 18.4 Å². The molecule has 0 aliphatic rings. The Morgan fingerprint density at radius 1 is 1.05 bits per heavy atom. The number of rotatable bonds is 4. The van der Waals surface area contributed by atoms with Crippen LogP contribution in [0, 0.1) is 6.92 Å². The quantitative estimate of drug-likeness (QED) is 0.936. The molecule has 0 fully saturated rings. The van der Waals surface area contributed by atoms with E-state index >= 15 is 0 Å². The number of aryl methyl sites for hydroxylation is 1. The number of hydrogen-bond donors (Lipinski definition) is 1. The smallest absolute Gasteiger partial charge is 0.204 e. The van der Waals surface area contributed by atoms with Crippen LogP contribution < -0.4 is 19.9 Å². The van der Waals surface area contributed by atoms with Crippen molar-refractivity contribution in [2.45, 2.75) is 26.7 Å². The van der Waals surface area contributed by atoms with Crippen molar-refractivity contribution in [3.8, 4) is 17.2 Å². The minimum Gasteiger partial charge on any atom is -0.493 e. The topological polar surface area (TPSA) is 66.6 Å². The molecule has 2 aromatic rings. The Kier molecular flexibility index (Phi) is 4.11. The lowest BCUT2D eigenvalue weighted by molar-refractivity contribution is 0.327. The lowest BCUT2D eigenvalue weighted by Gasteiger charge is -2.19. The summed E-state index contributed by atoms with van der Waals surface area (Å²) in [5, 5.41) is 0.768. The van der Waals surface area contributed by atoms with Crippen LogP contribution in [0.1, 0.15) is 31.0 Å². The molecule has 0 atom stereocenters. The predicted molar refractivity (Wildman–Crippen MR) is 84.6 cm³/mol. The molecule has 0 bridgehead atoms. The van der Waals surface area contributed by atoms with Crippen molar-refractivity contribution < 1.29 is 14.2 Å². The second-order valence-corrected chi connectivity index (χ2v) is 5.22. The number of fused-ring (bicyclic) bond motifs is 1. The fourth-order valence-electron chi connectivity index (χ4n) is 2.79. The molecule has 0 spiro atoms. The summed E-state index contributed by atoms with van der Waals surface area (Å²) in [6.07, 6.45) is 0. The maximum absolute atomic E-state index is 6.40. The highest BCUT2D eigenvalue weighted by molar-refractivity contribution is 6.00. The minimum absolute atomic E-state index is 0.278. The van der Waals surface area contributed by atoms with Gasteiger partial charge in [0.25, 0.3) is 0 Å². The molecule has 0 aliphatic heterocycles. The maximum atomic E-state index is 6.40. The van der Waals surface area contributed by atoms with Gasteiger partial charge < -0.3 is 19.9 Å². The molecular formula is C16H22N2O3. The molecule has 1 aromatic carbocycles. The first-order valence-electron chi connectivity index (χ1n) is 6.84. The first kappa shape index (κ1) is 15.2. The second-order valence-electron chi connectivity index (χ2n) is 5.22. The molecule has 114 valence electrons. The van der Waals surface area contributed by atoms with E-state index in [4.69, 9.17) is 19.9 Å². The highest BCUT2D eigenvalue weighted by Gasteiger charge is 2.22. The van der Waals surface area contributed by atoms with Crippen molar-refractivity contribution in [2.24, 2.45) is 0 Å². The summed E-state index contributed by atoms with van der Waals surface area (Å²) in [6.45, 7) is 6.16. The third-order valence-corrected chi connectivity index (χ3v) is 3.62. The van der Waals surface area contributed by atoms with Crippen molar-refractivity contribution in [3.63, 3.8) is 0 Å².